The largest absolute Gasteiger partial charge is 0.326 e. The van der Waals surface area contributed by atoms with Crippen molar-refractivity contribution in [1.29, 1.82) is 5.26 Å². The van der Waals surface area contributed by atoms with E-state index in [4.69, 9.17) is 5.26 Å². The lowest BCUT2D eigenvalue weighted by atomic mass is 10.1. The van der Waals surface area contributed by atoms with E-state index in [1.54, 1.807) is 26.8 Å². The van der Waals surface area contributed by atoms with E-state index in [1.807, 2.05) is 0 Å². The first-order valence-electron chi connectivity index (χ1n) is 9.76. The Balaban J connectivity index is 1.34. The van der Waals surface area contributed by atoms with E-state index in [0.717, 1.165) is 18.4 Å². The summed E-state index contributed by atoms with van der Waals surface area (Å²) in [6.45, 7) is 3.87. The predicted molar refractivity (Wildman–Crippen MR) is 102 cm³/mol. The molecule has 0 bridgehead atoms. The van der Waals surface area contributed by atoms with Gasteiger partial charge in [-0.05, 0) is 37.0 Å². The fourth-order valence-electron chi connectivity index (χ4n) is 3.67. The average Bonchev–Trinajstić information content (AvgIpc) is 3.31. The number of nitrogens with zero attached hydrogens (tertiary/aromatic N) is 4. The lowest BCUT2D eigenvalue weighted by molar-refractivity contribution is -0.130. The van der Waals surface area contributed by atoms with Gasteiger partial charge in [-0.25, -0.2) is 9.18 Å². The molecule has 0 spiro atoms. The Hall–Kier alpha value is -2.66. The lowest BCUT2D eigenvalue weighted by Gasteiger charge is -2.21. The van der Waals surface area contributed by atoms with Crippen LogP contribution < -0.4 is 5.32 Å². The van der Waals surface area contributed by atoms with Crippen LogP contribution in [0.3, 0.4) is 0 Å². The Kier molecular flexibility index (Phi) is 6.82. The molecule has 28 heavy (non-hydrogen) atoms. The van der Waals surface area contributed by atoms with Crippen molar-refractivity contribution < 1.29 is 14.0 Å². The van der Waals surface area contributed by atoms with Gasteiger partial charge in [0.1, 0.15) is 11.9 Å². The molecule has 150 valence electrons. The highest BCUT2D eigenvalue weighted by Crippen LogP contribution is 2.16. The number of carbonyl (C=O) groups excluding carboxylic acids is 2. The molecule has 2 aliphatic heterocycles. The molecule has 2 fully saturated rings. The van der Waals surface area contributed by atoms with Crippen molar-refractivity contribution in [2.45, 2.75) is 25.3 Å². The summed E-state index contributed by atoms with van der Waals surface area (Å²) in [5.74, 6) is -0.316. The summed E-state index contributed by atoms with van der Waals surface area (Å²) in [5, 5.41) is 12.1. The second-order valence-corrected chi connectivity index (χ2v) is 7.18. The molecule has 2 aliphatic rings. The third-order valence-corrected chi connectivity index (χ3v) is 5.32. The summed E-state index contributed by atoms with van der Waals surface area (Å²) in [4.78, 5) is 29.8. The molecule has 7 nitrogen and oxygen atoms in total. The maximum atomic E-state index is 12.9. The van der Waals surface area contributed by atoms with Crippen molar-refractivity contribution >= 4 is 11.9 Å². The minimum Gasteiger partial charge on any atom is -0.326 e. The van der Waals surface area contributed by atoms with Crippen molar-refractivity contribution in [1.82, 2.24) is 20.0 Å². The second kappa shape index (κ2) is 9.51. The number of hydrogen-bond donors (Lipinski definition) is 1. The first-order chi connectivity index (χ1) is 13.6. The maximum Gasteiger partial charge on any atom is 0.320 e. The molecule has 0 radical (unpaired) electrons. The summed E-state index contributed by atoms with van der Waals surface area (Å²) in [6.07, 6.45) is 2.32. The Bertz CT molecular complexity index is 733. The second-order valence-electron chi connectivity index (χ2n) is 7.18. The zero-order valence-corrected chi connectivity index (χ0v) is 15.9. The molecule has 1 N–H and O–H groups in total. The van der Waals surface area contributed by atoms with E-state index in [9.17, 15) is 14.0 Å². The molecule has 1 atom stereocenters. The Labute approximate surface area is 164 Å². The first-order valence-corrected chi connectivity index (χ1v) is 9.76. The van der Waals surface area contributed by atoms with Gasteiger partial charge in [0.05, 0.1) is 12.6 Å². The van der Waals surface area contributed by atoms with Gasteiger partial charge in [0, 0.05) is 39.3 Å². The van der Waals surface area contributed by atoms with Crippen LogP contribution in [0.25, 0.3) is 0 Å². The first kappa shape index (κ1) is 20.1. The standard InChI is InChI=1S/C20H26FN5O2/c21-17-5-3-16(4-6-17)7-10-24-12-13-25(20(24)28)11-8-23-15-19(27)26-9-1-2-18(26)14-22/h3-6,18,23H,1-2,7-13,15H2/t18-/m0/s1. The monoisotopic (exact) mass is 387 g/mol. The van der Waals surface area contributed by atoms with Crippen LogP contribution in [0.5, 0.6) is 0 Å². The number of rotatable bonds is 8. The number of benzene rings is 1. The maximum absolute atomic E-state index is 12.9. The molecular weight excluding hydrogens is 361 g/mol. The van der Waals surface area contributed by atoms with Gasteiger partial charge in [0.15, 0.2) is 0 Å². The van der Waals surface area contributed by atoms with E-state index < -0.39 is 0 Å². The number of nitriles is 1. The van der Waals surface area contributed by atoms with Gasteiger partial charge in [0.25, 0.3) is 0 Å². The zero-order valence-electron chi connectivity index (χ0n) is 15.9. The molecule has 1 aromatic rings. The van der Waals surface area contributed by atoms with Gasteiger partial charge in [-0.2, -0.15) is 5.26 Å². The van der Waals surface area contributed by atoms with E-state index >= 15 is 0 Å². The van der Waals surface area contributed by atoms with Gasteiger partial charge in [-0.1, -0.05) is 12.1 Å². The van der Waals surface area contributed by atoms with Crippen molar-refractivity contribution in [2.75, 3.05) is 45.8 Å². The van der Waals surface area contributed by atoms with Crippen LogP contribution in [-0.4, -0.2) is 78.5 Å². The smallest absolute Gasteiger partial charge is 0.320 e. The third-order valence-electron chi connectivity index (χ3n) is 5.32. The van der Waals surface area contributed by atoms with Crippen LogP contribution in [0.1, 0.15) is 18.4 Å². The average molecular weight is 387 g/mol. The summed E-state index contributed by atoms with van der Waals surface area (Å²) in [7, 11) is 0. The van der Waals surface area contributed by atoms with Gasteiger partial charge in [0.2, 0.25) is 5.91 Å². The molecule has 0 aromatic heterocycles. The summed E-state index contributed by atoms with van der Waals surface area (Å²) >= 11 is 0. The Morgan fingerprint density at radius 3 is 2.61 bits per heavy atom. The lowest BCUT2D eigenvalue weighted by Crippen LogP contribution is -2.43. The number of nitrogens with one attached hydrogen (secondary N) is 1. The molecule has 2 saturated heterocycles. The minimum atomic E-state index is -0.302. The summed E-state index contributed by atoms with van der Waals surface area (Å²) < 4.78 is 12.9. The minimum absolute atomic E-state index is 0.000624. The van der Waals surface area contributed by atoms with Crippen LogP contribution >= 0.6 is 0 Å². The summed E-state index contributed by atoms with van der Waals surface area (Å²) in [5.41, 5.74) is 1.01. The van der Waals surface area contributed by atoms with Crippen LogP contribution in [0.15, 0.2) is 24.3 Å². The van der Waals surface area contributed by atoms with Gasteiger partial charge >= 0.3 is 6.03 Å². The molecule has 2 heterocycles. The molecule has 3 amide bonds. The highest BCUT2D eigenvalue weighted by molar-refractivity contribution is 5.79. The van der Waals surface area contributed by atoms with Crippen LogP contribution in [0.2, 0.25) is 0 Å². The quantitative estimate of drug-likeness (QED) is 0.680. The normalized spacial score (nSPS) is 19.4. The van der Waals surface area contributed by atoms with Crippen molar-refractivity contribution in [3.05, 3.63) is 35.6 Å². The van der Waals surface area contributed by atoms with E-state index in [1.165, 1.54) is 12.1 Å². The zero-order chi connectivity index (χ0) is 19.9. The molecule has 3 rings (SSSR count). The Morgan fingerprint density at radius 1 is 1.18 bits per heavy atom. The van der Waals surface area contributed by atoms with Gasteiger partial charge in [-0.3, -0.25) is 4.79 Å². The summed E-state index contributed by atoms with van der Waals surface area (Å²) in [6, 6.07) is 8.21. The number of carbonyl (C=O) groups is 2. The van der Waals surface area contributed by atoms with E-state index in [-0.39, 0.29) is 30.3 Å². The van der Waals surface area contributed by atoms with Crippen molar-refractivity contribution in [2.24, 2.45) is 0 Å². The highest BCUT2D eigenvalue weighted by atomic mass is 19.1. The van der Waals surface area contributed by atoms with E-state index in [2.05, 4.69) is 11.4 Å². The topological polar surface area (TPSA) is 79.7 Å². The molecule has 1 aromatic carbocycles. The predicted octanol–water partition coefficient (Wildman–Crippen LogP) is 1.21. The number of amides is 3. The third kappa shape index (κ3) is 4.98. The van der Waals surface area contributed by atoms with E-state index in [0.29, 0.717) is 45.7 Å². The van der Waals surface area contributed by atoms with Crippen LogP contribution in [-0.2, 0) is 11.2 Å². The SMILES string of the molecule is N#C[C@@H]1CCCN1C(=O)CNCCN1CCN(CCc2ccc(F)cc2)C1=O. The molecule has 0 saturated carbocycles. The fourth-order valence-corrected chi connectivity index (χ4v) is 3.67. The van der Waals surface area contributed by atoms with Gasteiger partial charge in [-0.15, -0.1) is 0 Å². The van der Waals surface area contributed by atoms with Crippen LogP contribution in [0.4, 0.5) is 9.18 Å². The molecular formula is C20H26FN5O2. The fraction of sp³-hybridized carbons (Fsp3) is 0.550. The molecule has 0 aliphatic carbocycles. The van der Waals surface area contributed by atoms with Crippen molar-refractivity contribution in [3.63, 3.8) is 0 Å². The van der Waals surface area contributed by atoms with Crippen LogP contribution in [0, 0.1) is 17.1 Å². The number of hydrogen-bond acceptors (Lipinski definition) is 4. The van der Waals surface area contributed by atoms with Crippen molar-refractivity contribution in [3.8, 4) is 6.07 Å². The number of urea groups is 1. The molecule has 8 heteroatoms. The number of halogens is 1. The highest BCUT2D eigenvalue weighted by Gasteiger charge is 2.29. The Morgan fingerprint density at radius 2 is 1.89 bits per heavy atom. The number of likely N-dealkylation sites (tertiary alicyclic amines) is 1. The molecule has 0 unspecified atom stereocenters. The van der Waals surface area contributed by atoms with Gasteiger partial charge < -0.3 is 20.0 Å².